The van der Waals surface area contributed by atoms with Crippen LogP contribution in [0.15, 0.2) is 29.4 Å². The van der Waals surface area contributed by atoms with Crippen molar-refractivity contribution in [3.63, 3.8) is 0 Å². The summed E-state index contributed by atoms with van der Waals surface area (Å²) in [6, 6.07) is 7.76. The number of benzene rings is 1. The molecule has 6 nitrogen and oxygen atoms in total. The van der Waals surface area contributed by atoms with E-state index in [4.69, 9.17) is 4.98 Å². The van der Waals surface area contributed by atoms with Gasteiger partial charge in [0.1, 0.15) is 5.82 Å². The predicted molar refractivity (Wildman–Crippen MR) is 122 cm³/mol. The van der Waals surface area contributed by atoms with Gasteiger partial charge in [0, 0.05) is 49.3 Å². The number of nitrogens with zero attached hydrogens (tertiary/aromatic N) is 4. The minimum atomic E-state index is -0.0374. The van der Waals surface area contributed by atoms with Crippen molar-refractivity contribution in [3.05, 3.63) is 46.6 Å². The van der Waals surface area contributed by atoms with Crippen molar-refractivity contribution in [1.29, 1.82) is 0 Å². The zero-order valence-corrected chi connectivity index (χ0v) is 19.3. The smallest absolute Gasteiger partial charge is 0.251 e. The van der Waals surface area contributed by atoms with Crippen LogP contribution in [-0.4, -0.2) is 61.6 Å². The Bertz CT molecular complexity index is 825. The molecular weight excluding hydrogens is 382 g/mol. The summed E-state index contributed by atoms with van der Waals surface area (Å²) in [7, 11) is 6.06. The Balaban J connectivity index is 2.05. The number of carbonyl (C=O) groups excluding carboxylic acids is 1. The molecule has 0 atom stereocenters. The highest BCUT2D eigenvalue weighted by molar-refractivity contribution is 7.98. The van der Waals surface area contributed by atoms with Crippen LogP contribution in [0.25, 0.3) is 0 Å². The molecule has 29 heavy (non-hydrogen) atoms. The van der Waals surface area contributed by atoms with E-state index in [0.717, 1.165) is 53.1 Å². The van der Waals surface area contributed by atoms with Gasteiger partial charge < -0.3 is 15.1 Å². The number of likely N-dealkylation sites (N-methyl/N-ethyl adjacent to an activating group) is 1. The molecule has 1 aromatic heterocycles. The van der Waals surface area contributed by atoms with Crippen LogP contribution in [0.3, 0.4) is 0 Å². The van der Waals surface area contributed by atoms with Gasteiger partial charge in [-0.05, 0) is 52.1 Å². The second-order valence-corrected chi connectivity index (χ2v) is 8.45. The first-order valence-corrected chi connectivity index (χ1v) is 11.0. The van der Waals surface area contributed by atoms with Crippen molar-refractivity contribution in [1.82, 2.24) is 20.2 Å². The largest absolute Gasteiger partial charge is 0.359 e. The summed E-state index contributed by atoms with van der Waals surface area (Å²) < 4.78 is 0. The Hall–Kier alpha value is -2.12. The average Bonchev–Trinajstić information content (AvgIpc) is 2.68. The molecule has 0 aliphatic rings. The van der Waals surface area contributed by atoms with Gasteiger partial charge in [-0.25, -0.2) is 9.97 Å². The number of nitrogens with one attached hydrogen (secondary N) is 1. The van der Waals surface area contributed by atoms with Gasteiger partial charge in [0.05, 0.1) is 0 Å². The van der Waals surface area contributed by atoms with E-state index in [1.165, 1.54) is 0 Å². The van der Waals surface area contributed by atoms with Gasteiger partial charge in [-0.1, -0.05) is 30.8 Å². The Kier molecular flexibility index (Phi) is 8.92. The van der Waals surface area contributed by atoms with E-state index in [2.05, 4.69) is 36.1 Å². The summed E-state index contributed by atoms with van der Waals surface area (Å²) in [5.41, 5.74) is 3.91. The van der Waals surface area contributed by atoms with Crippen LogP contribution < -0.4 is 10.2 Å². The zero-order chi connectivity index (χ0) is 21.4. The molecular formula is C22H33N5OS. The van der Waals surface area contributed by atoms with Crippen LogP contribution in [0.2, 0.25) is 0 Å². The molecule has 1 aromatic carbocycles. The SMILES string of the molecule is CCCN(C)c1nc(SCc2cccc(C(=O)NCCN(C)C)c2)nc(C)c1C. The van der Waals surface area contributed by atoms with E-state index in [9.17, 15) is 4.79 Å². The van der Waals surface area contributed by atoms with Crippen LogP contribution in [0.5, 0.6) is 0 Å². The topological polar surface area (TPSA) is 61.4 Å². The van der Waals surface area contributed by atoms with Gasteiger partial charge in [0.25, 0.3) is 5.91 Å². The van der Waals surface area contributed by atoms with Crippen LogP contribution >= 0.6 is 11.8 Å². The maximum Gasteiger partial charge on any atom is 0.251 e. The van der Waals surface area contributed by atoms with E-state index in [1.54, 1.807) is 11.8 Å². The van der Waals surface area contributed by atoms with Crippen molar-refractivity contribution in [2.75, 3.05) is 45.7 Å². The molecule has 0 aliphatic carbocycles. The van der Waals surface area contributed by atoms with Gasteiger partial charge in [-0.15, -0.1) is 0 Å². The number of hydrogen-bond donors (Lipinski definition) is 1. The molecule has 0 unspecified atom stereocenters. The molecule has 0 aliphatic heterocycles. The summed E-state index contributed by atoms with van der Waals surface area (Å²) in [6.45, 7) is 8.69. The lowest BCUT2D eigenvalue weighted by molar-refractivity contribution is 0.0951. The normalized spacial score (nSPS) is 11.0. The first kappa shape index (κ1) is 23.2. The molecule has 7 heteroatoms. The lowest BCUT2D eigenvalue weighted by Gasteiger charge is -2.20. The van der Waals surface area contributed by atoms with Gasteiger partial charge in [0.15, 0.2) is 5.16 Å². The molecule has 0 fully saturated rings. The second kappa shape index (κ2) is 11.2. The Morgan fingerprint density at radius 3 is 2.59 bits per heavy atom. The fourth-order valence-electron chi connectivity index (χ4n) is 2.91. The van der Waals surface area contributed by atoms with Crippen LogP contribution in [-0.2, 0) is 5.75 Å². The average molecular weight is 416 g/mol. The number of carbonyl (C=O) groups is 1. The Morgan fingerprint density at radius 1 is 1.14 bits per heavy atom. The molecule has 0 bridgehead atoms. The van der Waals surface area contributed by atoms with Gasteiger partial charge in [0.2, 0.25) is 0 Å². The monoisotopic (exact) mass is 415 g/mol. The summed E-state index contributed by atoms with van der Waals surface area (Å²) in [5, 5.41) is 3.73. The fourth-order valence-corrected chi connectivity index (χ4v) is 3.74. The quantitative estimate of drug-likeness (QED) is 0.473. The first-order chi connectivity index (χ1) is 13.8. The number of rotatable bonds is 10. The van der Waals surface area contributed by atoms with Crippen LogP contribution in [0, 0.1) is 13.8 Å². The van der Waals surface area contributed by atoms with Gasteiger partial charge in [-0.2, -0.15) is 0 Å². The van der Waals surface area contributed by atoms with Crippen molar-refractivity contribution < 1.29 is 4.79 Å². The molecule has 2 aromatic rings. The third-order valence-electron chi connectivity index (χ3n) is 4.67. The molecule has 1 N–H and O–H groups in total. The lowest BCUT2D eigenvalue weighted by atomic mass is 10.1. The number of anilines is 1. The maximum atomic E-state index is 12.3. The Labute approximate surface area is 179 Å². The number of aryl methyl sites for hydroxylation is 1. The fraction of sp³-hybridized carbons (Fsp3) is 0.500. The van der Waals surface area contributed by atoms with Crippen molar-refractivity contribution >= 4 is 23.5 Å². The highest BCUT2D eigenvalue weighted by atomic mass is 32.2. The summed E-state index contributed by atoms with van der Waals surface area (Å²) in [6.07, 6.45) is 1.07. The Morgan fingerprint density at radius 2 is 1.90 bits per heavy atom. The zero-order valence-electron chi connectivity index (χ0n) is 18.5. The maximum absolute atomic E-state index is 12.3. The highest BCUT2D eigenvalue weighted by Gasteiger charge is 2.13. The van der Waals surface area contributed by atoms with E-state index in [-0.39, 0.29) is 5.91 Å². The van der Waals surface area contributed by atoms with Gasteiger partial charge in [-0.3, -0.25) is 4.79 Å². The molecule has 1 amide bonds. The summed E-state index contributed by atoms with van der Waals surface area (Å²) in [5.74, 6) is 1.68. The molecule has 0 spiro atoms. The van der Waals surface area contributed by atoms with Gasteiger partial charge >= 0.3 is 0 Å². The van der Waals surface area contributed by atoms with E-state index in [1.807, 2.05) is 50.2 Å². The highest BCUT2D eigenvalue weighted by Crippen LogP contribution is 2.26. The van der Waals surface area contributed by atoms with E-state index < -0.39 is 0 Å². The van der Waals surface area contributed by atoms with Crippen LogP contribution in [0.4, 0.5) is 5.82 Å². The molecule has 0 saturated carbocycles. The van der Waals surface area contributed by atoms with E-state index in [0.29, 0.717) is 12.1 Å². The minimum absolute atomic E-state index is 0.0374. The third kappa shape index (κ3) is 7.01. The number of aromatic nitrogens is 2. The predicted octanol–water partition coefficient (Wildman–Crippen LogP) is 3.52. The standard InChI is InChI=1S/C22H33N5OS/c1-7-12-27(6)20-16(2)17(3)24-22(25-20)29-15-18-9-8-10-19(14-18)21(28)23-11-13-26(4)5/h8-10,14H,7,11-13,15H2,1-6H3,(H,23,28). The molecule has 158 valence electrons. The number of thioether (sulfide) groups is 1. The minimum Gasteiger partial charge on any atom is -0.359 e. The molecule has 2 rings (SSSR count). The third-order valence-corrected chi connectivity index (χ3v) is 5.58. The number of hydrogen-bond acceptors (Lipinski definition) is 6. The van der Waals surface area contributed by atoms with Crippen molar-refractivity contribution in [2.24, 2.45) is 0 Å². The molecule has 0 saturated heterocycles. The van der Waals surface area contributed by atoms with Crippen LogP contribution in [0.1, 0.15) is 40.5 Å². The summed E-state index contributed by atoms with van der Waals surface area (Å²) in [4.78, 5) is 26.0. The van der Waals surface area contributed by atoms with Crippen molar-refractivity contribution in [2.45, 2.75) is 38.1 Å². The number of amides is 1. The first-order valence-electron chi connectivity index (χ1n) is 10.0. The molecule has 1 heterocycles. The lowest BCUT2D eigenvalue weighted by Crippen LogP contribution is -2.31. The van der Waals surface area contributed by atoms with E-state index >= 15 is 0 Å². The second-order valence-electron chi connectivity index (χ2n) is 7.51. The van der Waals surface area contributed by atoms with Crippen molar-refractivity contribution in [3.8, 4) is 0 Å². The molecule has 0 radical (unpaired) electrons. The summed E-state index contributed by atoms with van der Waals surface area (Å²) >= 11 is 1.60.